The van der Waals surface area contributed by atoms with Crippen molar-refractivity contribution >= 4 is 39.9 Å². The van der Waals surface area contributed by atoms with Gasteiger partial charge in [-0.1, -0.05) is 32.4 Å². The summed E-state index contributed by atoms with van der Waals surface area (Å²) >= 11 is 3.58. The number of nitrogens with one attached hydrogen (secondary N) is 1. The SMILES string of the molecule is CCC(C)C(N)C(=O)NC1CCN(c2ccccc2Br)C1.Cl. The molecule has 0 aliphatic carbocycles. The summed E-state index contributed by atoms with van der Waals surface area (Å²) in [6, 6.07) is 7.95. The van der Waals surface area contributed by atoms with Crippen LogP contribution < -0.4 is 16.0 Å². The van der Waals surface area contributed by atoms with Gasteiger partial charge in [-0.3, -0.25) is 4.79 Å². The summed E-state index contributed by atoms with van der Waals surface area (Å²) in [4.78, 5) is 14.4. The summed E-state index contributed by atoms with van der Waals surface area (Å²) in [7, 11) is 0. The number of anilines is 1. The second kappa shape index (κ2) is 8.75. The standard InChI is InChI=1S/C16H24BrN3O.ClH/c1-3-11(2)15(18)16(21)19-12-8-9-20(10-12)14-7-5-4-6-13(14)17;/h4-7,11-12,15H,3,8-10,18H2,1-2H3,(H,19,21);1H. The Kier molecular flexibility index (Phi) is 7.66. The number of nitrogens with two attached hydrogens (primary N) is 1. The maximum Gasteiger partial charge on any atom is 0.237 e. The number of hydrogen-bond donors (Lipinski definition) is 2. The van der Waals surface area contributed by atoms with E-state index in [9.17, 15) is 4.79 Å². The predicted octanol–water partition coefficient (Wildman–Crippen LogP) is 2.94. The van der Waals surface area contributed by atoms with Crippen LogP contribution in [0.5, 0.6) is 0 Å². The number of benzene rings is 1. The molecule has 1 aromatic carbocycles. The lowest BCUT2D eigenvalue weighted by molar-refractivity contribution is -0.124. The van der Waals surface area contributed by atoms with E-state index in [-0.39, 0.29) is 30.3 Å². The highest BCUT2D eigenvalue weighted by atomic mass is 79.9. The molecule has 1 heterocycles. The molecule has 0 bridgehead atoms. The number of carbonyl (C=O) groups is 1. The highest BCUT2D eigenvalue weighted by Gasteiger charge is 2.27. The first-order valence-corrected chi connectivity index (χ1v) is 8.37. The molecule has 1 aliphatic rings. The number of amides is 1. The average Bonchev–Trinajstić information content (AvgIpc) is 2.94. The lowest BCUT2D eigenvalue weighted by atomic mass is 9.99. The lowest BCUT2D eigenvalue weighted by Gasteiger charge is -2.22. The topological polar surface area (TPSA) is 58.4 Å². The van der Waals surface area contributed by atoms with Gasteiger partial charge in [-0.05, 0) is 40.4 Å². The zero-order valence-electron chi connectivity index (χ0n) is 13.1. The number of rotatable bonds is 5. The minimum absolute atomic E-state index is 0. The van der Waals surface area contributed by atoms with Crippen LogP contribution in [0.15, 0.2) is 28.7 Å². The van der Waals surface area contributed by atoms with E-state index >= 15 is 0 Å². The molecule has 6 heteroatoms. The van der Waals surface area contributed by atoms with Crippen molar-refractivity contribution in [3.63, 3.8) is 0 Å². The van der Waals surface area contributed by atoms with Gasteiger partial charge >= 0.3 is 0 Å². The van der Waals surface area contributed by atoms with Crippen LogP contribution >= 0.6 is 28.3 Å². The van der Waals surface area contributed by atoms with Crippen LogP contribution in [-0.2, 0) is 4.79 Å². The summed E-state index contributed by atoms with van der Waals surface area (Å²) in [5, 5.41) is 3.09. The third-order valence-corrected chi connectivity index (χ3v) is 4.96. The normalized spacial score (nSPS) is 20.2. The smallest absolute Gasteiger partial charge is 0.237 e. The monoisotopic (exact) mass is 389 g/mol. The van der Waals surface area contributed by atoms with Crippen molar-refractivity contribution in [1.29, 1.82) is 0 Å². The van der Waals surface area contributed by atoms with E-state index in [1.54, 1.807) is 0 Å². The van der Waals surface area contributed by atoms with E-state index in [1.807, 2.05) is 25.1 Å². The van der Waals surface area contributed by atoms with Crippen LogP contribution in [0.1, 0.15) is 26.7 Å². The Hall–Kier alpha value is -0.780. The van der Waals surface area contributed by atoms with Gasteiger partial charge < -0.3 is 16.0 Å². The number of nitrogens with zero attached hydrogens (tertiary/aromatic N) is 1. The minimum atomic E-state index is -0.410. The Morgan fingerprint density at radius 2 is 2.18 bits per heavy atom. The average molecular weight is 391 g/mol. The molecule has 1 aliphatic heterocycles. The number of halogens is 2. The van der Waals surface area contributed by atoms with Gasteiger partial charge in [-0.25, -0.2) is 0 Å². The second-order valence-electron chi connectivity index (χ2n) is 5.80. The molecule has 1 amide bonds. The fourth-order valence-corrected chi connectivity index (χ4v) is 3.15. The molecule has 2 rings (SSSR count). The van der Waals surface area contributed by atoms with Gasteiger partial charge in [-0.15, -0.1) is 12.4 Å². The molecular weight excluding hydrogens is 366 g/mol. The molecule has 3 N–H and O–H groups in total. The third kappa shape index (κ3) is 4.61. The maximum absolute atomic E-state index is 12.1. The minimum Gasteiger partial charge on any atom is -0.368 e. The predicted molar refractivity (Wildman–Crippen MR) is 97.6 cm³/mol. The fourth-order valence-electron chi connectivity index (χ4n) is 2.61. The van der Waals surface area contributed by atoms with Gasteiger partial charge in [0.1, 0.15) is 0 Å². The molecule has 3 unspecified atom stereocenters. The van der Waals surface area contributed by atoms with Crippen molar-refractivity contribution in [2.45, 2.75) is 38.8 Å². The molecule has 1 saturated heterocycles. The Bertz CT molecular complexity index is 500. The van der Waals surface area contributed by atoms with Gasteiger partial charge in [-0.2, -0.15) is 0 Å². The van der Waals surface area contributed by atoms with Crippen molar-refractivity contribution in [3.05, 3.63) is 28.7 Å². The van der Waals surface area contributed by atoms with Crippen molar-refractivity contribution in [2.75, 3.05) is 18.0 Å². The highest BCUT2D eigenvalue weighted by Crippen LogP contribution is 2.28. The molecule has 0 spiro atoms. The van der Waals surface area contributed by atoms with Gasteiger partial charge in [0.05, 0.1) is 11.7 Å². The van der Waals surface area contributed by atoms with Crippen LogP contribution in [-0.4, -0.2) is 31.1 Å². The van der Waals surface area contributed by atoms with Crippen molar-refractivity contribution in [1.82, 2.24) is 5.32 Å². The van der Waals surface area contributed by atoms with Crippen molar-refractivity contribution < 1.29 is 4.79 Å². The molecule has 3 atom stereocenters. The van der Waals surface area contributed by atoms with E-state index in [0.717, 1.165) is 30.4 Å². The number of para-hydroxylation sites is 1. The van der Waals surface area contributed by atoms with Gasteiger partial charge in [0, 0.05) is 23.6 Å². The largest absolute Gasteiger partial charge is 0.368 e. The molecule has 0 saturated carbocycles. The first kappa shape index (κ1) is 19.3. The van der Waals surface area contributed by atoms with E-state index < -0.39 is 6.04 Å². The molecular formula is C16H25BrClN3O. The lowest BCUT2D eigenvalue weighted by Crippen LogP contribution is -2.49. The van der Waals surface area contributed by atoms with Crippen LogP contribution in [0.2, 0.25) is 0 Å². The zero-order chi connectivity index (χ0) is 15.4. The molecule has 0 radical (unpaired) electrons. The van der Waals surface area contributed by atoms with E-state index in [2.05, 4.69) is 39.1 Å². The Morgan fingerprint density at radius 1 is 1.50 bits per heavy atom. The number of hydrogen-bond acceptors (Lipinski definition) is 3. The van der Waals surface area contributed by atoms with E-state index in [0.29, 0.717) is 0 Å². The highest BCUT2D eigenvalue weighted by molar-refractivity contribution is 9.10. The number of carbonyl (C=O) groups excluding carboxylic acids is 1. The van der Waals surface area contributed by atoms with Crippen LogP contribution in [0.3, 0.4) is 0 Å². The third-order valence-electron chi connectivity index (χ3n) is 4.29. The second-order valence-corrected chi connectivity index (χ2v) is 6.66. The first-order chi connectivity index (χ1) is 10.0. The first-order valence-electron chi connectivity index (χ1n) is 7.58. The Balaban J connectivity index is 0.00000242. The Labute approximate surface area is 147 Å². The van der Waals surface area contributed by atoms with Gasteiger partial charge in [0.15, 0.2) is 0 Å². The van der Waals surface area contributed by atoms with Crippen LogP contribution in [0, 0.1) is 5.92 Å². The molecule has 1 aromatic rings. The van der Waals surface area contributed by atoms with Crippen molar-refractivity contribution in [2.24, 2.45) is 11.7 Å². The zero-order valence-corrected chi connectivity index (χ0v) is 15.5. The Morgan fingerprint density at radius 3 is 2.82 bits per heavy atom. The fraction of sp³-hybridized carbons (Fsp3) is 0.562. The van der Waals surface area contributed by atoms with Crippen molar-refractivity contribution in [3.8, 4) is 0 Å². The quantitative estimate of drug-likeness (QED) is 0.812. The van der Waals surface area contributed by atoms with Crippen LogP contribution in [0.4, 0.5) is 5.69 Å². The molecule has 1 fully saturated rings. The van der Waals surface area contributed by atoms with E-state index in [4.69, 9.17) is 5.73 Å². The summed E-state index contributed by atoms with van der Waals surface area (Å²) < 4.78 is 1.09. The van der Waals surface area contributed by atoms with E-state index in [1.165, 1.54) is 5.69 Å². The molecule has 22 heavy (non-hydrogen) atoms. The maximum atomic E-state index is 12.1. The van der Waals surface area contributed by atoms with Gasteiger partial charge in [0.25, 0.3) is 0 Å². The van der Waals surface area contributed by atoms with Crippen LogP contribution in [0.25, 0.3) is 0 Å². The molecule has 124 valence electrons. The summed E-state index contributed by atoms with van der Waals surface area (Å²) in [6.07, 6.45) is 1.88. The summed E-state index contributed by atoms with van der Waals surface area (Å²) in [6.45, 7) is 5.86. The molecule has 0 aromatic heterocycles. The summed E-state index contributed by atoms with van der Waals surface area (Å²) in [5.74, 6) is 0.189. The molecule has 4 nitrogen and oxygen atoms in total. The summed E-state index contributed by atoms with van der Waals surface area (Å²) in [5.41, 5.74) is 7.17. The van der Waals surface area contributed by atoms with Gasteiger partial charge in [0.2, 0.25) is 5.91 Å².